The standard InChI is InChI=1S/C32H37NO3/c1-18-14-19(2)27-22(15-18)32(29(35)33(27)9)26(21-12-10-11-13-25(21)36-32)20-16-23(30(3,4)5)28(34)24(17-20)31(6,7)8/h10-17,26,34H,1-9H3/t26-,32+/m1/s1. The lowest BCUT2D eigenvalue weighted by molar-refractivity contribution is -0.132. The van der Waals surface area contributed by atoms with Crippen LogP contribution in [0.3, 0.4) is 0 Å². The molecule has 5 rings (SSSR count). The minimum atomic E-state index is -1.20. The first-order valence-corrected chi connectivity index (χ1v) is 12.7. The number of hydrogen-bond acceptors (Lipinski definition) is 3. The van der Waals surface area contributed by atoms with E-state index in [1.165, 1.54) is 0 Å². The number of phenols is 1. The van der Waals surface area contributed by atoms with Crippen molar-refractivity contribution >= 4 is 11.6 Å². The van der Waals surface area contributed by atoms with Crippen LogP contribution in [0.5, 0.6) is 11.5 Å². The number of amides is 1. The normalized spacial score (nSPS) is 21.1. The van der Waals surface area contributed by atoms with Gasteiger partial charge in [-0.05, 0) is 59.1 Å². The molecule has 2 heterocycles. The molecule has 1 spiro atoms. The fraction of sp³-hybridized carbons (Fsp3) is 0.406. The van der Waals surface area contributed by atoms with Gasteiger partial charge < -0.3 is 14.7 Å². The monoisotopic (exact) mass is 483 g/mol. The molecule has 0 saturated carbocycles. The average Bonchev–Trinajstić information content (AvgIpc) is 3.21. The molecule has 4 heteroatoms. The van der Waals surface area contributed by atoms with E-state index in [0.29, 0.717) is 5.75 Å². The van der Waals surface area contributed by atoms with Gasteiger partial charge in [0.1, 0.15) is 11.5 Å². The Morgan fingerprint density at radius 3 is 2.08 bits per heavy atom. The van der Waals surface area contributed by atoms with E-state index in [9.17, 15) is 9.90 Å². The molecule has 0 unspecified atom stereocenters. The first-order valence-electron chi connectivity index (χ1n) is 12.7. The van der Waals surface area contributed by atoms with Gasteiger partial charge in [0.15, 0.2) is 0 Å². The van der Waals surface area contributed by atoms with Crippen LogP contribution in [0.2, 0.25) is 0 Å². The van der Waals surface area contributed by atoms with Crippen molar-refractivity contribution in [2.75, 3.05) is 11.9 Å². The molecule has 3 aromatic rings. The largest absolute Gasteiger partial charge is 0.507 e. The van der Waals surface area contributed by atoms with Gasteiger partial charge in [-0.1, -0.05) is 83.5 Å². The molecular weight excluding hydrogens is 446 g/mol. The highest BCUT2D eigenvalue weighted by Gasteiger charge is 2.62. The fourth-order valence-electron chi connectivity index (χ4n) is 6.18. The summed E-state index contributed by atoms with van der Waals surface area (Å²) in [6.07, 6.45) is 0. The van der Waals surface area contributed by atoms with Gasteiger partial charge in [-0.3, -0.25) is 4.79 Å². The Kier molecular flexibility index (Phi) is 5.17. The number of benzene rings is 3. The van der Waals surface area contributed by atoms with Crippen molar-refractivity contribution in [2.45, 2.75) is 77.7 Å². The highest BCUT2D eigenvalue weighted by atomic mass is 16.5. The van der Waals surface area contributed by atoms with E-state index in [2.05, 4.69) is 85.7 Å². The van der Waals surface area contributed by atoms with Crippen molar-refractivity contribution < 1.29 is 14.6 Å². The second-order valence-corrected chi connectivity index (χ2v) is 12.6. The van der Waals surface area contributed by atoms with Crippen molar-refractivity contribution in [2.24, 2.45) is 0 Å². The maximum atomic E-state index is 14.3. The molecule has 1 amide bonds. The molecule has 188 valence electrons. The van der Waals surface area contributed by atoms with Crippen LogP contribution in [-0.2, 0) is 21.2 Å². The van der Waals surface area contributed by atoms with E-state index in [4.69, 9.17) is 4.74 Å². The lowest BCUT2D eigenvalue weighted by Crippen LogP contribution is -2.45. The van der Waals surface area contributed by atoms with E-state index in [-0.39, 0.29) is 22.7 Å². The number of aryl methyl sites for hydroxylation is 2. The Balaban J connectivity index is 1.89. The van der Waals surface area contributed by atoms with Crippen LogP contribution >= 0.6 is 0 Å². The summed E-state index contributed by atoms with van der Waals surface area (Å²) in [6, 6.07) is 16.4. The van der Waals surface area contributed by atoms with Gasteiger partial charge in [-0.2, -0.15) is 0 Å². The minimum absolute atomic E-state index is 0.0601. The Hall–Kier alpha value is -3.27. The highest BCUT2D eigenvalue weighted by Crippen LogP contribution is 2.60. The lowest BCUT2D eigenvalue weighted by atomic mass is 9.71. The van der Waals surface area contributed by atoms with Gasteiger partial charge in [0.2, 0.25) is 5.60 Å². The number of anilines is 1. The van der Waals surface area contributed by atoms with Crippen molar-refractivity contribution in [3.63, 3.8) is 0 Å². The fourth-order valence-corrected chi connectivity index (χ4v) is 6.18. The molecule has 0 radical (unpaired) electrons. The van der Waals surface area contributed by atoms with Crippen LogP contribution in [0.25, 0.3) is 0 Å². The van der Waals surface area contributed by atoms with Gasteiger partial charge in [0.05, 0.1) is 11.6 Å². The quantitative estimate of drug-likeness (QED) is 0.405. The third kappa shape index (κ3) is 3.30. The first-order chi connectivity index (χ1) is 16.7. The highest BCUT2D eigenvalue weighted by molar-refractivity contribution is 6.09. The predicted molar refractivity (Wildman–Crippen MR) is 145 cm³/mol. The number of fused-ring (bicyclic) bond motifs is 3. The van der Waals surface area contributed by atoms with Crippen LogP contribution in [0.1, 0.15) is 86.4 Å². The van der Waals surface area contributed by atoms with Crippen molar-refractivity contribution in [1.29, 1.82) is 0 Å². The third-order valence-corrected chi connectivity index (χ3v) is 7.79. The second kappa shape index (κ2) is 7.61. The summed E-state index contributed by atoms with van der Waals surface area (Å²) in [6.45, 7) is 16.8. The number of ether oxygens (including phenoxy) is 1. The van der Waals surface area contributed by atoms with E-state index >= 15 is 0 Å². The van der Waals surface area contributed by atoms with Crippen LogP contribution in [0.15, 0.2) is 48.5 Å². The number of hydrogen-bond donors (Lipinski definition) is 1. The predicted octanol–water partition coefficient (Wildman–Crippen LogP) is 7.00. The van der Waals surface area contributed by atoms with Crippen molar-refractivity contribution in [1.82, 2.24) is 0 Å². The maximum Gasteiger partial charge on any atom is 0.276 e. The molecule has 3 aromatic carbocycles. The van der Waals surface area contributed by atoms with Gasteiger partial charge in [-0.25, -0.2) is 0 Å². The molecule has 0 saturated heterocycles. The maximum absolute atomic E-state index is 14.3. The first kappa shape index (κ1) is 24.4. The smallest absolute Gasteiger partial charge is 0.276 e. The zero-order chi connectivity index (χ0) is 26.4. The lowest BCUT2D eigenvalue weighted by Gasteiger charge is -2.33. The van der Waals surface area contributed by atoms with E-state index < -0.39 is 5.60 Å². The number of rotatable bonds is 1. The van der Waals surface area contributed by atoms with Crippen LogP contribution in [-0.4, -0.2) is 18.1 Å². The Morgan fingerprint density at radius 1 is 0.917 bits per heavy atom. The molecule has 2 aliphatic heterocycles. The number of phenolic OH excluding ortho intramolecular Hbond substituents is 1. The molecule has 1 N–H and O–H groups in total. The van der Waals surface area contributed by atoms with Crippen LogP contribution < -0.4 is 9.64 Å². The van der Waals surface area contributed by atoms with Crippen LogP contribution in [0, 0.1) is 13.8 Å². The molecule has 0 aliphatic carbocycles. The van der Waals surface area contributed by atoms with Gasteiger partial charge in [0, 0.05) is 18.2 Å². The average molecular weight is 484 g/mol. The van der Waals surface area contributed by atoms with Gasteiger partial charge in [-0.15, -0.1) is 0 Å². The molecular formula is C32H37NO3. The molecule has 0 aromatic heterocycles. The van der Waals surface area contributed by atoms with Crippen molar-refractivity contribution in [3.8, 4) is 11.5 Å². The molecule has 36 heavy (non-hydrogen) atoms. The van der Waals surface area contributed by atoms with E-state index in [1.54, 1.807) is 4.90 Å². The second-order valence-electron chi connectivity index (χ2n) is 12.6. The van der Waals surface area contributed by atoms with Crippen LogP contribution in [0.4, 0.5) is 5.69 Å². The SMILES string of the molecule is Cc1cc(C)c2c(c1)[C@@]1(Oc3ccccc3[C@H]1c1cc(C(C)(C)C)c(O)c(C(C)(C)C)c1)C(=O)N2C. The van der Waals surface area contributed by atoms with E-state index in [0.717, 1.165) is 50.4 Å². The summed E-state index contributed by atoms with van der Waals surface area (Å²) in [5.74, 6) is 0.657. The summed E-state index contributed by atoms with van der Waals surface area (Å²) in [5, 5.41) is 11.4. The van der Waals surface area contributed by atoms with Gasteiger partial charge in [0.25, 0.3) is 5.91 Å². The Morgan fingerprint density at radius 2 is 1.50 bits per heavy atom. The topological polar surface area (TPSA) is 49.8 Å². The van der Waals surface area contributed by atoms with Crippen molar-refractivity contribution in [3.05, 3.63) is 87.5 Å². The molecule has 2 atom stereocenters. The summed E-state index contributed by atoms with van der Waals surface area (Å²) in [4.78, 5) is 16.0. The van der Waals surface area contributed by atoms with E-state index in [1.807, 2.05) is 25.2 Å². The molecule has 4 nitrogen and oxygen atoms in total. The molecule has 0 bridgehead atoms. The minimum Gasteiger partial charge on any atom is -0.507 e. The summed E-state index contributed by atoms with van der Waals surface area (Å²) in [5.41, 5.74) is 5.97. The van der Waals surface area contributed by atoms with Gasteiger partial charge >= 0.3 is 0 Å². The zero-order valence-electron chi connectivity index (χ0n) is 22.9. The number of carbonyl (C=O) groups excluding carboxylic acids is 1. The summed E-state index contributed by atoms with van der Waals surface area (Å²) >= 11 is 0. The number of para-hydroxylation sites is 1. The molecule has 2 aliphatic rings. The third-order valence-electron chi connectivity index (χ3n) is 7.79. The summed E-state index contributed by atoms with van der Waals surface area (Å²) in [7, 11) is 1.85. The Labute approximate surface area is 214 Å². The summed E-state index contributed by atoms with van der Waals surface area (Å²) < 4.78 is 6.77. The number of likely N-dealkylation sites (N-methyl/N-ethyl adjacent to an activating group) is 1. The Bertz CT molecular complexity index is 1370. The number of nitrogens with zero attached hydrogens (tertiary/aromatic N) is 1. The number of aromatic hydroxyl groups is 1. The molecule has 0 fully saturated rings. The number of carbonyl (C=O) groups is 1. The zero-order valence-corrected chi connectivity index (χ0v) is 22.9.